The Morgan fingerprint density at radius 2 is 2.05 bits per heavy atom. The van der Waals surface area contributed by atoms with Gasteiger partial charge in [-0.15, -0.1) is 11.8 Å². The molecule has 1 aliphatic carbocycles. The summed E-state index contributed by atoms with van der Waals surface area (Å²) in [6.45, 7) is 3.85. The summed E-state index contributed by atoms with van der Waals surface area (Å²) in [7, 11) is 0. The zero-order valence-corrected chi connectivity index (χ0v) is 13.8. The average molecular weight is 306 g/mol. The summed E-state index contributed by atoms with van der Waals surface area (Å²) in [5.41, 5.74) is 6.20. The van der Waals surface area contributed by atoms with Crippen molar-refractivity contribution in [3.63, 3.8) is 0 Å². The molecule has 21 heavy (non-hydrogen) atoms. The van der Waals surface area contributed by atoms with Gasteiger partial charge in [-0.1, -0.05) is 38.3 Å². The van der Waals surface area contributed by atoms with E-state index in [9.17, 15) is 4.79 Å². The molecule has 3 nitrogen and oxygen atoms in total. The quantitative estimate of drug-likeness (QED) is 0.829. The molecule has 4 heteroatoms. The van der Waals surface area contributed by atoms with Crippen LogP contribution in [0, 0.1) is 0 Å². The molecule has 0 radical (unpaired) electrons. The van der Waals surface area contributed by atoms with Gasteiger partial charge in [0.1, 0.15) is 0 Å². The van der Waals surface area contributed by atoms with Crippen LogP contribution in [0.1, 0.15) is 52.4 Å². The highest BCUT2D eigenvalue weighted by atomic mass is 32.2. The molecule has 1 aromatic carbocycles. The van der Waals surface area contributed by atoms with E-state index >= 15 is 0 Å². The number of nitrogens with two attached hydrogens (primary N) is 1. The summed E-state index contributed by atoms with van der Waals surface area (Å²) in [5.74, 6) is -0.0937. The molecular formula is C17H26N2OS. The van der Waals surface area contributed by atoms with Crippen LogP contribution in [0.15, 0.2) is 29.2 Å². The third-order valence-electron chi connectivity index (χ3n) is 4.02. The number of para-hydroxylation sites is 1. The van der Waals surface area contributed by atoms with Gasteiger partial charge in [0.2, 0.25) is 5.91 Å². The van der Waals surface area contributed by atoms with Gasteiger partial charge in [0.05, 0.1) is 11.2 Å². The molecule has 1 atom stereocenters. The van der Waals surface area contributed by atoms with Crippen molar-refractivity contribution < 1.29 is 4.79 Å². The Kier molecular flexibility index (Phi) is 5.71. The molecule has 1 amide bonds. The number of hydrogen-bond acceptors (Lipinski definition) is 3. The highest BCUT2D eigenvalue weighted by Gasteiger charge is 2.28. The summed E-state index contributed by atoms with van der Waals surface area (Å²) in [5, 5.41) is 3.71. The molecular weight excluding hydrogens is 280 g/mol. The Bertz CT molecular complexity index is 481. The molecule has 0 spiro atoms. The van der Waals surface area contributed by atoms with Crippen LogP contribution in [0.3, 0.4) is 0 Å². The van der Waals surface area contributed by atoms with Crippen LogP contribution in [0.2, 0.25) is 0 Å². The van der Waals surface area contributed by atoms with E-state index in [1.165, 1.54) is 25.7 Å². The van der Waals surface area contributed by atoms with Gasteiger partial charge < -0.3 is 11.1 Å². The molecule has 116 valence electrons. The van der Waals surface area contributed by atoms with Gasteiger partial charge in [-0.2, -0.15) is 0 Å². The van der Waals surface area contributed by atoms with Crippen molar-refractivity contribution in [3.8, 4) is 0 Å². The summed E-state index contributed by atoms with van der Waals surface area (Å²) < 4.78 is 0. The Morgan fingerprint density at radius 3 is 2.71 bits per heavy atom. The molecule has 1 saturated carbocycles. The molecule has 1 aromatic rings. The molecule has 0 aliphatic heterocycles. The SMILES string of the molecule is CCCC(C)(N)C(=O)Nc1ccccc1SC1CCCC1. The Morgan fingerprint density at radius 1 is 1.38 bits per heavy atom. The van der Waals surface area contributed by atoms with E-state index in [0.717, 1.165) is 17.0 Å². The highest BCUT2D eigenvalue weighted by molar-refractivity contribution is 8.00. The number of nitrogens with one attached hydrogen (secondary N) is 1. The smallest absolute Gasteiger partial charge is 0.244 e. The van der Waals surface area contributed by atoms with Crippen LogP contribution in [0.4, 0.5) is 5.69 Å². The first-order chi connectivity index (χ1) is 10.0. The predicted octanol–water partition coefficient (Wildman–Crippen LogP) is 4.18. The molecule has 1 aliphatic rings. The van der Waals surface area contributed by atoms with Gasteiger partial charge in [0.15, 0.2) is 0 Å². The molecule has 3 N–H and O–H groups in total. The maximum absolute atomic E-state index is 12.4. The topological polar surface area (TPSA) is 55.1 Å². The second kappa shape index (κ2) is 7.32. The molecule has 1 unspecified atom stereocenters. The van der Waals surface area contributed by atoms with Crippen molar-refractivity contribution in [2.45, 2.75) is 68.1 Å². The number of benzene rings is 1. The lowest BCUT2D eigenvalue weighted by molar-refractivity contribution is -0.120. The van der Waals surface area contributed by atoms with Gasteiger partial charge >= 0.3 is 0 Å². The number of anilines is 1. The first-order valence-electron chi connectivity index (χ1n) is 7.89. The lowest BCUT2D eigenvalue weighted by Crippen LogP contribution is -2.48. The van der Waals surface area contributed by atoms with E-state index in [0.29, 0.717) is 11.7 Å². The van der Waals surface area contributed by atoms with Crippen molar-refractivity contribution in [3.05, 3.63) is 24.3 Å². The Labute approximate surface area is 132 Å². The van der Waals surface area contributed by atoms with Crippen LogP contribution >= 0.6 is 11.8 Å². The van der Waals surface area contributed by atoms with Crippen molar-refractivity contribution >= 4 is 23.4 Å². The largest absolute Gasteiger partial charge is 0.323 e. The number of hydrogen-bond donors (Lipinski definition) is 2. The van der Waals surface area contributed by atoms with Gasteiger partial charge in [-0.05, 0) is 38.3 Å². The number of rotatable bonds is 6. The zero-order valence-electron chi connectivity index (χ0n) is 13.0. The first-order valence-corrected chi connectivity index (χ1v) is 8.77. The third kappa shape index (κ3) is 4.48. The second-order valence-corrected chi connectivity index (χ2v) is 7.48. The minimum Gasteiger partial charge on any atom is -0.323 e. The van der Waals surface area contributed by atoms with Gasteiger partial charge in [-0.3, -0.25) is 4.79 Å². The maximum atomic E-state index is 12.4. The Hall–Kier alpha value is -1.00. The lowest BCUT2D eigenvalue weighted by Gasteiger charge is -2.24. The molecule has 0 aromatic heterocycles. The monoisotopic (exact) mass is 306 g/mol. The molecule has 0 heterocycles. The fourth-order valence-electron chi connectivity index (χ4n) is 2.76. The van der Waals surface area contributed by atoms with Crippen LogP contribution in [0.25, 0.3) is 0 Å². The van der Waals surface area contributed by atoms with Gasteiger partial charge in [0, 0.05) is 10.1 Å². The van der Waals surface area contributed by atoms with E-state index in [1.54, 1.807) is 6.92 Å². The number of carbonyl (C=O) groups excluding carboxylic acids is 1. The third-order valence-corrected chi connectivity index (χ3v) is 5.43. The predicted molar refractivity (Wildman–Crippen MR) is 90.7 cm³/mol. The maximum Gasteiger partial charge on any atom is 0.244 e. The van der Waals surface area contributed by atoms with Gasteiger partial charge in [-0.25, -0.2) is 0 Å². The summed E-state index contributed by atoms with van der Waals surface area (Å²) >= 11 is 1.89. The highest BCUT2D eigenvalue weighted by Crippen LogP contribution is 2.38. The minimum absolute atomic E-state index is 0.0937. The minimum atomic E-state index is -0.806. The van der Waals surface area contributed by atoms with Crippen molar-refractivity contribution in [1.82, 2.24) is 0 Å². The molecule has 0 saturated heterocycles. The standard InChI is InChI=1S/C17H26N2OS/c1-3-12-17(2,18)16(20)19-14-10-6-7-11-15(14)21-13-8-4-5-9-13/h6-7,10-11,13H,3-5,8-9,12,18H2,1-2H3,(H,19,20). The second-order valence-electron chi connectivity index (χ2n) is 6.14. The summed E-state index contributed by atoms with van der Waals surface area (Å²) in [4.78, 5) is 13.5. The number of amides is 1. The summed E-state index contributed by atoms with van der Waals surface area (Å²) in [6, 6.07) is 8.05. The van der Waals surface area contributed by atoms with E-state index in [2.05, 4.69) is 11.4 Å². The lowest BCUT2D eigenvalue weighted by atomic mass is 9.96. The van der Waals surface area contributed by atoms with Crippen LogP contribution in [-0.2, 0) is 4.79 Å². The molecule has 0 bridgehead atoms. The fourth-order valence-corrected chi connectivity index (χ4v) is 4.09. The number of carbonyl (C=O) groups is 1. The van der Waals surface area contributed by atoms with E-state index in [-0.39, 0.29) is 5.91 Å². The molecule has 2 rings (SSSR count). The van der Waals surface area contributed by atoms with Crippen molar-refractivity contribution in [1.29, 1.82) is 0 Å². The fraction of sp³-hybridized carbons (Fsp3) is 0.588. The van der Waals surface area contributed by atoms with Crippen molar-refractivity contribution in [2.75, 3.05) is 5.32 Å². The van der Waals surface area contributed by atoms with E-state index in [1.807, 2.05) is 36.9 Å². The average Bonchev–Trinajstić information content (AvgIpc) is 2.94. The van der Waals surface area contributed by atoms with Crippen LogP contribution in [-0.4, -0.2) is 16.7 Å². The first kappa shape index (κ1) is 16.4. The normalized spacial score (nSPS) is 18.4. The zero-order chi connectivity index (χ0) is 15.3. The number of thioether (sulfide) groups is 1. The van der Waals surface area contributed by atoms with Crippen LogP contribution in [0.5, 0.6) is 0 Å². The van der Waals surface area contributed by atoms with Gasteiger partial charge in [0.25, 0.3) is 0 Å². The van der Waals surface area contributed by atoms with Crippen molar-refractivity contribution in [2.24, 2.45) is 5.73 Å². The van der Waals surface area contributed by atoms with E-state index < -0.39 is 5.54 Å². The van der Waals surface area contributed by atoms with Crippen LogP contribution < -0.4 is 11.1 Å². The summed E-state index contributed by atoms with van der Waals surface area (Å²) in [6.07, 6.45) is 6.79. The van der Waals surface area contributed by atoms with E-state index in [4.69, 9.17) is 5.73 Å². The molecule has 1 fully saturated rings. The Balaban J connectivity index is 2.07.